The summed E-state index contributed by atoms with van der Waals surface area (Å²) in [6.45, 7) is 4.16. The van der Waals surface area contributed by atoms with E-state index >= 15 is 0 Å². The molecule has 1 radical (unpaired) electrons. The molecule has 0 aliphatic carbocycles. The number of hydrogen-bond donors (Lipinski definition) is 3. The van der Waals surface area contributed by atoms with Crippen LogP contribution in [0.1, 0.15) is 25.0 Å². The third kappa shape index (κ3) is 7.48. The van der Waals surface area contributed by atoms with Crippen molar-refractivity contribution in [3.63, 3.8) is 0 Å². The topological polar surface area (TPSA) is 79.2 Å². The minimum atomic E-state index is -0.882. The van der Waals surface area contributed by atoms with Crippen LogP contribution in [-0.2, 0) is 5.41 Å². The second-order valence-electron chi connectivity index (χ2n) is 6.94. The summed E-state index contributed by atoms with van der Waals surface area (Å²) in [5.41, 5.74) is 2.01. The van der Waals surface area contributed by atoms with Gasteiger partial charge in [0.2, 0.25) is 0 Å². The minimum Gasteiger partial charge on any atom is -0.491 e. The van der Waals surface area contributed by atoms with Crippen LogP contribution in [0.25, 0.3) is 0 Å². The van der Waals surface area contributed by atoms with Gasteiger partial charge in [-0.2, -0.15) is 0 Å². The van der Waals surface area contributed by atoms with Crippen molar-refractivity contribution in [1.82, 2.24) is 0 Å². The molecule has 2 unspecified atom stereocenters. The number of aliphatic hydroxyl groups excluding tert-OH is 3. The number of rotatable bonds is 10. The van der Waals surface area contributed by atoms with Gasteiger partial charge in [0.1, 0.15) is 36.9 Å². The van der Waals surface area contributed by atoms with Crippen molar-refractivity contribution in [3.05, 3.63) is 59.7 Å². The number of halogens is 1. The molecule has 0 saturated heterocycles. The van der Waals surface area contributed by atoms with Gasteiger partial charge in [0, 0.05) is 49.5 Å². The molecule has 0 fully saturated rings. The Hall–Kier alpha value is -0.348. The van der Waals surface area contributed by atoms with Crippen LogP contribution in [0.5, 0.6) is 11.5 Å². The van der Waals surface area contributed by atoms with Crippen LogP contribution in [0.3, 0.4) is 0 Å². The minimum absolute atomic E-state index is 0. The van der Waals surface area contributed by atoms with E-state index in [2.05, 4.69) is 13.8 Å². The summed E-state index contributed by atoms with van der Waals surface area (Å²) in [6.07, 6.45) is -1.56. The van der Waals surface area contributed by atoms with Crippen molar-refractivity contribution in [2.75, 3.05) is 25.7 Å². The molecule has 5 nitrogen and oxygen atoms in total. The van der Waals surface area contributed by atoms with Crippen molar-refractivity contribution in [3.8, 4) is 11.5 Å². The molecular weight excluding hydrogens is 595 g/mol. The van der Waals surface area contributed by atoms with E-state index in [-0.39, 0.29) is 75.2 Å². The average Bonchev–Trinajstić information content (AvgIpc) is 2.70. The molecule has 151 valence electrons. The predicted octanol–water partition coefficient (Wildman–Crippen LogP) is 2.72. The molecule has 0 spiro atoms. The van der Waals surface area contributed by atoms with Gasteiger partial charge in [-0.15, -0.1) is 11.6 Å². The van der Waals surface area contributed by atoms with Crippen LogP contribution in [0.2, 0.25) is 0 Å². The first-order valence-electron chi connectivity index (χ1n) is 8.86. The standard InChI is InChI=1S/C21H27ClO5.Ac/c1-21(2,15-3-7-19(8-4-15)26-13-17(24)11-22)16-5-9-20(10-6-16)27-14-18(25)12-23;/h3-10,17-18,23-25H,11-14H2,1-2H3;. The smallest absolute Gasteiger partial charge is 0.119 e. The van der Waals surface area contributed by atoms with E-state index in [1.165, 1.54) is 0 Å². The Morgan fingerprint density at radius 1 is 0.821 bits per heavy atom. The predicted molar refractivity (Wildman–Crippen MR) is 106 cm³/mol. The first-order chi connectivity index (χ1) is 12.9. The Balaban J connectivity index is 0.00000392. The monoisotopic (exact) mass is 621 g/mol. The van der Waals surface area contributed by atoms with Crippen LogP contribution in [-0.4, -0.2) is 53.2 Å². The molecule has 7 heteroatoms. The zero-order valence-corrected chi connectivity index (χ0v) is 21.7. The van der Waals surface area contributed by atoms with E-state index < -0.39 is 12.2 Å². The van der Waals surface area contributed by atoms with Crippen molar-refractivity contribution in [2.45, 2.75) is 31.5 Å². The third-order valence-electron chi connectivity index (χ3n) is 4.43. The molecule has 0 heterocycles. The number of hydrogen-bond acceptors (Lipinski definition) is 5. The fraction of sp³-hybridized carbons (Fsp3) is 0.429. The largest absolute Gasteiger partial charge is 0.491 e. The summed E-state index contributed by atoms with van der Waals surface area (Å²) in [7, 11) is 0. The Morgan fingerprint density at radius 3 is 1.57 bits per heavy atom. The maximum absolute atomic E-state index is 9.46. The summed E-state index contributed by atoms with van der Waals surface area (Å²) in [5.74, 6) is 1.47. The van der Waals surface area contributed by atoms with E-state index in [9.17, 15) is 10.2 Å². The summed E-state index contributed by atoms with van der Waals surface area (Å²) in [6, 6.07) is 15.5. The van der Waals surface area contributed by atoms with Crippen LogP contribution in [0.15, 0.2) is 48.5 Å². The summed E-state index contributed by atoms with van der Waals surface area (Å²) in [4.78, 5) is 0. The molecule has 2 aromatic rings. The number of ether oxygens (including phenoxy) is 2. The molecule has 2 atom stereocenters. The second kappa shape index (κ2) is 12.4. The van der Waals surface area contributed by atoms with Gasteiger partial charge in [-0.05, 0) is 35.4 Å². The fourth-order valence-corrected chi connectivity index (χ4v) is 2.67. The molecule has 0 saturated carbocycles. The SMILES string of the molecule is CC(C)(c1ccc(OCC(O)CO)cc1)c1ccc(OCC(O)CCl)cc1.[Ac]. The zero-order valence-electron chi connectivity index (χ0n) is 16.2. The van der Waals surface area contributed by atoms with Crippen LogP contribution < -0.4 is 9.47 Å². The molecule has 0 aromatic heterocycles. The van der Waals surface area contributed by atoms with E-state index in [1.807, 2.05) is 48.5 Å². The van der Waals surface area contributed by atoms with E-state index in [0.29, 0.717) is 11.5 Å². The van der Waals surface area contributed by atoms with Crippen LogP contribution >= 0.6 is 11.6 Å². The van der Waals surface area contributed by atoms with Crippen LogP contribution in [0, 0.1) is 44.1 Å². The Kier molecular flexibility index (Phi) is 11.3. The van der Waals surface area contributed by atoms with Crippen molar-refractivity contribution >= 4 is 11.6 Å². The zero-order chi connectivity index (χ0) is 19.9. The van der Waals surface area contributed by atoms with Gasteiger partial charge in [0.05, 0.1) is 12.5 Å². The molecule has 0 amide bonds. The first-order valence-corrected chi connectivity index (χ1v) is 9.40. The molecular formula is C21H27AcClO5. The second-order valence-corrected chi connectivity index (χ2v) is 7.25. The quantitative estimate of drug-likeness (QED) is 0.356. The summed E-state index contributed by atoms with van der Waals surface area (Å²) in [5, 5.41) is 27.6. The average molecular weight is 622 g/mol. The molecule has 2 aromatic carbocycles. The van der Waals surface area contributed by atoms with Crippen molar-refractivity contribution in [2.24, 2.45) is 0 Å². The molecule has 0 aliphatic heterocycles. The Labute approximate surface area is 207 Å². The van der Waals surface area contributed by atoms with Gasteiger partial charge in [-0.1, -0.05) is 38.1 Å². The van der Waals surface area contributed by atoms with E-state index in [4.69, 9.17) is 26.2 Å². The molecule has 28 heavy (non-hydrogen) atoms. The third-order valence-corrected chi connectivity index (χ3v) is 4.78. The van der Waals surface area contributed by atoms with Crippen LogP contribution in [0.4, 0.5) is 0 Å². The van der Waals surface area contributed by atoms with E-state index in [1.54, 1.807) is 0 Å². The molecule has 3 N–H and O–H groups in total. The number of aliphatic hydroxyl groups is 3. The Morgan fingerprint density at radius 2 is 1.21 bits per heavy atom. The fourth-order valence-electron chi connectivity index (χ4n) is 2.58. The van der Waals surface area contributed by atoms with Gasteiger partial charge in [-0.25, -0.2) is 0 Å². The molecule has 0 bridgehead atoms. The first kappa shape index (κ1) is 25.7. The van der Waals surface area contributed by atoms with Crippen molar-refractivity contribution in [1.29, 1.82) is 0 Å². The Bertz CT molecular complexity index is 631. The normalized spacial score (nSPS) is 13.4. The summed E-state index contributed by atoms with van der Waals surface area (Å²) < 4.78 is 11.0. The van der Waals surface area contributed by atoms with Gasteiger partial charge in [0.15, 0.2) is 0 Å². The molecule has 2 rings (SSSR count). The summed E-state index contributed by atoms with van der Waals surface area (Å²) >= 11 is 5.56. The maximum atomic E-state index is 9.46. The van der Waals surface area contributed by atoms with Gasteiger partial charge in [-0.3, -0.25) is 0 Å². The van der Waals surface area contributed by atoms with Gasteiger partial charge < -0.3 is 24.8 Å². The maximum Gasteiger partial charge on any atom is 0.119 e. The molecule has 0 aliphatic rings. The van der Waals surface area contributed by atoms with Crippen molar-refractivity contribution < 1.29 is 68.9 Å². The number of benzene rings is 2. The van der Waals surface area contributed by atoms with Gasteiger partial charge in [0.25, 0.3) is 0 Å². The van der Waals surface area contributed by atoms with Gasteiger partial charge >= 0.3 is 0 Å². The van der Waals surface area contributed by atoms with E-state index in [0.717, 1.165) is 11.1 Å². The number of alkyl halides is 1.